The Hall–Kier alpha value is -2.18. The number of carbonyl (C=O) groups excluding carboxylic acids is 1. The van der Waals surface area contributed by atoms with E-state index in [9.17, 15) is 14.7 Å². The number of aromatic nitrogens is 1. The molecule has 1 amide bonds. The van der Waals surface area contributed by atoms with Gasteiger partial charge in [-0.1, -0.05) is 35.9 Å². The molecule has 0 saturated carbocycles. The maximum atomic E-state index is 12.1. The van der Waals surface area contributed by atoms with Crippen molar-refractivity contribution in [3.8, 4) is 0 Å². The SMILES string of the molecule is C[C@@H](O)[C@H](NC(=O)c1cc2ccccc2c(Cl)n1)C(=O)O. The number of pyridine rings is 1. The van der Waals surface area contributed by atoms with E-state index in [4.69, 9.17) is 16.7 Å². The van der Waals surface area contributed by atoms with Crippen LogP contribution >= 0.6 is 11.6 Å². The third-order valence-electron chi connectivity index (χ3n) is 2.96. The molecule has 0 saturated heterocycles. The first kappa shape index (κ1) is 15.2. The molecule has 0 bridgehead atoms. The number of nitrogens with one attached hydrogen (secondary N) is 1. The van der Waals surface area contributed by atoms with Gasteiger partial charge in [-0.3, -0.25) is 4.79 Å². The Morgan fingerprint density at radius 1 is 1.33 bits per heavy atom. The van der Waals surface area contributed by atoms with Gasteiger partial charge < -0.3 is 15.5 Å². The fraction of sp³-hybridized carbons (Fsp3) is 0.214. The van der Waals surface area contributed by atoms with Crippen LogP contribution in [-0.2, 0) is 4.79 Å². The highest BCUT2D eigenvalue weighted by Crippen LogP contribution is 2.22. The summed E-state index contributed by atoms with van der Waals surface area (Å²) < 4.78 is 0. The van der Waals surface area contributed by atoms with Gasteiger partial charge in [-0.05, 0) is 18.4 Å². The second-order valence-corrected chi connectivity index (χ2v) is 4.91. The molecule has 7 heteroatoms. The molecule has 0 aliphatic heterocycles. The third kappa shape index (κ3) is 3.29. The Balaban J connectivity index is 2.33. The highest BCUT2D eigenvalue weighted by Gasteiger charge is 2.26. The number of hydrogen-bond donors (Lipinski definition) is 3. The topological polar surface area (TPSA) is 99.5 Å². The lowest BCUT2D eigenvalue weighted by molar-refractivity contribution is -0.141. The summed E-state index contributed by atoms with van der Waals surface area (Å²) in [7, 11) is 0. The molecule has 0 aliphatic carbocycles. The second kappa shape index (κ2) is 6.07. The van der Waals surface area contributed by atoms with Crippen molar-refractivity contribution < 1.29 is 19.8 Å². The molecule has 1 aromatic heterocycles. The van der Waals surface area contributed by atoms with Crippen molar-refractivity contribution in [3.63, 3.8) is 0 Å². The van der Waals surface area contributed by atoms with Crippen molar-refractivity contribution in [2.75, 3.05) is 0 Å². The van der Waals surface area contributed by atoms with E-state index >= 15 is 0 Å². The fourth-order valence-electron chi connectivity index (χ4n) is 1.88. The van der Waals surface area contributed by atoms with Gasteiger partial charge in [0, 0.05) is 5.39 Å². The van der Waals surface area contributed by atoms with E-state index in [0.29, 0.717) is 10.8 Å². The lowest BCUT2D eigenvalue weighted by atomic mass is 10.1. The largest absolute Gasteiger partial charge is 0.480 e. The van der Waals surface area contributed by atoms with Gasteiger partial charge in [0.2, 0.25) is 0 Å². The van der Waals surface area contributed by atoms with E-state index in [1.165, 1.54) is 13.0 Å². The Morgan fingerprint density at radius 3 is 2.62 bits per heavy atom. The Morgan fingerprint density at radius 2 is 2.00 bits per heavy atom. The number of carboxylic acids is 1. The first-order valence-electron chi connectivity index (χ1n) is 6.17. The first-order chi connectivity index (χ1) is 9.90. The standard InChI is InChI=1S/C14H13ClN2O4/c1-7(18)11(14(20)21)17-13(19)10-6-8-4-2-3-5-9(8)12(15)16-10/h2-7,11,18H,1H3,(H,17,19)(H,20,21)/t7-,11+/m1/s1. The van der Waals surface area contributed by atoms with Gasteiger partial charge in [0.05, 0.1) is 6.10 Å². The Labute approximate surface area is 125 Å². The maximum absolute atomic E-state index is 12.1. The molecule has 0 unspecified atom stereocenters. The van der Waals surface area contributed by atoms with Gasteiger partial charge in [-0.25, -0.2) is 9.78 Å². The van der Waals surface area contributed by atoms with Crippen molar-refractivity contribution in [3.05, 3.63) is 41.2 Å². The van der Waals surface area contributed by atoms with Crippen LogP contribution in [0.15, 0.2) is 30.3 Å². The van der Waals surface area contributed by atoms with Gasteiger partial charge in [0.15, 0.2) is 6.04 Å². The molecule has 2 atom stereocenters. The maximum Gasteiger partial charge on any atom is 0.328 e. The van der Waals surface area contributed by atoms with Crippen molar-refractivity contribution in [2.45, 2.75) is 19.1 Å². The molecule has 1 aromatic carbocycles. The van der Waals surface area contributed by atoms with E-state index < -0.39 is 24.0 Å². The molecular formula is C14H13ClN2O4. The van der Waals surface area contributed by atoms with Crippen LogP contribution in [0.1, 0.15) is 17.4 Å². The zero-order valence-electron chi connectivity index (χ0n) is 11.1. The molecule has 6 nitrogen and oxygen atoms in total. The van der Waals surface area contributed by atoms with Gasteiger partial charge >= 0.3 is 5.97 Å². The molecule has 2 aromatic rings. The normalized spacial score (nSPS) is 13.7. The molecule has 0 aliphatic rings. The lowest BCUT2D eigenvalue weighted by Gasteiger charge is -2.16. The van der Waals surface area contributed by atoms with Crippen LogP contribution < -0.4 is 5.32 Å². The summed E-state index contributed by atoms with van der Waals surface area (Å²) in [5.41, 5.74) is -0.00870. The van der Waals surface area contributed by atoms with E-state index in [0.717, 1.165) is 0 Å². The van der Waals surface area contributed by atoms with Crippen LogP contribution in [0, 0.1) is 0 Å². The number of benzene rings is 1. The number of hydrogen-bond acceptors (Lipinski definition) is 4. The Bertz CT molecular complexity index is 702. The number of carbonyl (C=O) groups is 2. The van der Waals surface area contributed by atoms with Crippen molar-refractivity contribution in [2.24, 2.45) is 0 Å². The van der Waals surface area contributed by atoms with Crippen molar-refractivity contribution in [1.82, 2.24) is 10.3 Å². The monoisotopic (exact) mass is 308 g/mol. The zero-order chi connectivity index (χ0) is 15.6. The van der Waals surface area contributed by atoms with Gasteiger partial charge in [-0.2, -0.15) is 0 Å². The van der Waals surface area contributed by atoms with E-state index in [1.807, 2.05) is 0 Å². The predicted octanol–water partition coefficient (Wildman–Crippen LogP) is 1.45. The minimum Gasteiger partial charge on any atom is -0.480 e. The number of aliphatic hydroxyl groups excluding tert-OH is 1. The van der Waals surface area contributed by atoms with Crippen LogP contribution in [0.3, 0.4) is 0 Å². The summed E-state index contributed by atoms with van der Waals surface area (Å²) >= 11 is 6.01. The van der Waals surface area contributed by atoms with Gasteiger partial charge in [0.25, 0.3) is 5.91 Å². The molecule has 2 rings (SSSR count). The highest BCUT2D eigenvalue weighted by molar-refractivity contribution is 6.34. The van der Waals surface area contributed by atoms with Crippen molar-refractivity contribution >= 4 is 34.2 Å². The molecule has 0 fully saturated rings. The summed E-state index contributed by atoms with van der Waals surface area (Å²) in [4.78, 5) is 27.0. The quantitative estimate of drug-likeness (QED) is 0.742. The molecular weight excluding hydrogens is 296 g/mol. The van der Waals surface area contributed by atoms with Crippen molar-refractivity contribution in [1.29, 1.82) is 0 Å². The minimum absolute atomic E-state index is 0.00870. The first-order valence-corrected chi connectivity index (χ1v) is 6.55. The fourth-order valence-corrected chi connectivity index (χ4v) is 2.14. The van der Waals surface area contributed by atoms with E-state index in [1.54, 1.807) is 24.3 Å². The molecule has 1 heterocycles. The van der Waals surface area contributed by atoms with Crippen LogP contribution in [0.4, 0.5) is 0 Å². The zero-order valence-corrected chi connectivity index (χ0v) is 11.8. The molecule has 3 N–H and O–H groups in total. The highest BCUT2D eigenvalue weighted by atomic mass is 35.5. The summed E-state index contributed by atoms with van der Waals surface area (Å²) in [5, 5.41) is 22.1. The number of aliphatic carboxylic acids is 1. The number of carboxylic acid groups (broad SMARTS) is 1. The number of amides is 1. The lowest BCUT2D eigenvalue weighted by Crippen LogP contribution is -2.47. The average molecular weight is 309 g/mol. The summed E-state index contributed by atoms with van der Waals surface area (Å²) in [5.74, 6) is -2.04. The van der Waals surface area contributed by atoms with E-state index in [-0.39, 0.29) is 10.8 Å². The predicted molar refractivity (Wildman–Crippen MR) is 77.3 cm³/mol. The molecule has 21 heavy (non-hydrogen) atoms. The van der Waals surface area contributed by atoms with Gasteiger partial charge in [0.1, 0.15) is 10.8 Å². The van der Waals surface area contributed by atoms with Crippen LogP contribution in [-0.4, -0.2) is 39.2 Å². The smallest absolute Gasteiger partial charge is 0.328 e. The minimum atomic E-state index is -1.41. The van der Waals surface area contributed by atoms with Crippen LogP contribution in [0.25, 0.3) is 10.8 Å². The second-order valence-electron chi connectivity index (χ2n) is 4.55. The number of nitrogens with zero attached hydrogens (tertiary/aromatic N) is 1. The number of rotatable bonds is 4. The molecule has 0 radical (unpaired) electrons. The third-order valence-corrected chi connectivity index (χ3v) is 3.25. The number of halogens is 1. The van der Waals surface area contributed by atoms with Gasteiger partial charge in [-0.15, -0.1) is 0 Å². The Kier molecular flexibility index (Phi) is 4.40. The summed E-state index contributed by atoms with van der Waals surface area (Å²) in [6.45, 7) is 1.28. The molecule has 110 valence electrons. The number of fused-ring (bicyclic) bond motifs is 1. The van der Waals surface area contributed by atoms with Crippen LogP contribution in [0.5, 0.6) is 0 Å². The number of aliphatic hydroxyl groups is 1. The average Bonchev–Trinajstić information content (AvgIpc) is 2.43. The van der Waals surface area contributed by atoms with E-state index in [2.05, 4.69) is 10.3 Å². The molecule has 0 spiro atoms. The summed E-state index contributed by atoms with van der Waals surface area (Å²) in [6.07, 6.45) is -1.23. The summed E-state index contributed by atoms with van der Waals surface area (Å²) in [6, 6.07) is 7.21. The van der Waals surface area contributed by atoms with Crippen LogP contribution in [0.2, 0.25) is 5.15 Å².